The van der Waals surface area contributed by atoms with Crippen molar-refractivity contribution in [3.8, 4) is 0 Å². The number of aromatic amines is 1. The molecule has 2 aromatic rings. The van der Waals surface area contributed by atoms with Gasteiger partial charge in [-0.25, -0.2) is 4.98 Å². The van der Waals surface area contributed by atoms with Crippen LogP contribution in [0.3, 0.4) is 0 Å². The molecule has 2 aromatic heterocycles. The van der Waals surface area contributed by atoms with Gasteiger partial charge < -0.3 is 29.1 Å². The lowest BCUT2D eigenvalue weighted by Gasteiger charge is -2.39. The predicted molar refractivity (Wildman–Crippen MR) is 128 cm³/mol. The van der Waals surface area contributed by atoms with Crippen LogP contribution in [-0.2, 0) is 30.3 Å². The summed E-state index contributed by atoms with van der Waals surface area (Å²) >= 11 is 5.34. The van der Waals surface area contributed by atoms with E-state index in [1.54, 1.807) is 32.4 Å². The molecule has 0 aromatic carbocycles. The number of nitrogens with one attached hydrogen (secondary N) is 1. The van der Waals surface area contributed by atoms with Gasteiger partial charge in [0.2, 0.25) is 5.95 Å². The molecule has 0 radical (unpaired) electrons. The minimum atomic E-state index is -3.62. The Balaban J connectivity index is 2.04. The molecule has 186 valence electrons. The van der Waals surface area contributed by atoms with Crippen molar-refractivity contribution in [2.24, 2.45) is 5.41 Å². The molecule has 11 nitrogen and oxygen atoms in total. The van der Waals surface area contributed by atoms with Gasteiger partial charge in [0.25, 0.3) is 5.56 Å². The van der Waals surface area contributed by atoms with E-state index in [1.165, 1.54) is 6.33 Å². The third kappa shape index (κ3) is 6.19. The Morgan fingerprint density at radius 2 is 2.06 bits per heavy atom. The van der Waals surface area contributed by atoms with Gasteiger partial charge in [-0.2, -0.15) is 4.98 Å². The summed E-state index contributed by atoms with van der Waals surface area (Å²) in [5, 5.41) is 0. The van der Waals surface area contributed by atoms with E-state index in [9.17, 15) is 9.69 Å². The molecule has 3 heterocycles. The number of aromatic nitrogens is 4. The molecule has 1 saturated heterocycles. The van der Waals surface area contributed by atoms with E-state index in [0.717, 1.165) is 0 Å². The topological polar surface area (TPSA) is 147 Å². The largest absolute Gasteiger partial charge is 0.382 e. The SMILES string of the molecule is COC[C@]1(CC(C)(C)C)O[C@@H](n2cnc3c(=O)[nH]c(N)nc32)C[C@H]1OP(O)(=S)OC(C)(C)C. The number of methoxy groups -OCH3 is 1. The Morgan fingerprint density at radius 1 is 1.39 bits per heavy atom. The monoisotopic (exact) mass is 503 g/mol. The molecule has 0 saturated carbocycles. The van der Waals surface area contributed by atoms with Crippen molar-refractivity contribution in [2.75, 3.05) is 19.5 Å². The summed E-state index contributed by atoms with van der Waals surface area (Å²) in [4.78, 5) is 34.0. The van der Waals surface area contributed by atoms with E-state index in [2.05, 4.69) is 35.7 Å². The quantitative estimate of drug-likeness (QED) is 0.482. The molecule has 1 fully saturated rings. The highest BCUT2D eigenvalue weighted by atomic mass is 32.5. The Kier molecular flexibility index (Phi) is 7.14. The number of rotatable bonds is 7. The van der Waals surface area contributed by atoms with Crippen molar-refractivity contribution in [3.63, 3.8) is 0 Å². The van der Waals surface area contributed by atoms with Crippen molar-refractivity contribution in [1.82, 2.24) is 19.5 Å². The standard InChI is InChI=1S/C20H34N5O6PS/c1-18(2,3)9-20(10-28-7)12(30-32(27,33)31-19(4,5)6)8-13(29-20)25-11-22-14-15(25)23-17(21)24-16(14)26/h11-13H,8-10H2,1-7H3,(H,27,33)(H3,21,23,24,26)/t12-,13-,20+,32?/m1/s1. The maximum absolute atomic E-state index is 12.2. The number of nitrogens with zero attached hydrogens (tertiary/aromatic N) is 3. The first-order valence-electron chi connectivity index (χ1n) is 10.7. The summed E-state index contributed by atoms with van der Waals surface area (Å²) in [5.41, 5.74) is 3.93. The van der Waals surface area contributed by atoms with Crippen LogP contribution in [0, 0.1) is 5.41 Å². The zero-order valence-corrected chi connectivity index (χ0v) is 21.8. The van der Waals surface area contributed by atoms with E-state index < -0.39 is 35.8 Å². The predicted octanol–water partition coefficient (Wildman–Crippen LogP) is 2.86. The van der Waals surface area contributed by atoms with E-state index in [4.69, 9.17) is 36.1 Å². The Bertz CT molecular complexity index is 1110. The lowest BCUT2D eigenvalue weighted by atomic mass is 9.79. The van der Waals surface area contributed by atoms with Crippen LogP contribution < -0.4 is 11.3 Å². The zero-order chi connectivity index (χ0) is 24.8. The average molecular weight is 504 g/mol. The molecule has 1 aliphatic heterocycles. The molecular weight excluding hydrogens is 469 g/mol. The summed E-state index contributed by atoms with van der Waals surface area (Å²) in [5.74, 6) is -0.0256. The van der Waals surface area contributed by atoms with E-state index in [1.807, 2.05) is 0 Å². The summed E-state index contributed by atoms with van der Waals surface area (Å²) in [6.45, 7) is 8.19. The molecule has 4 N–H and O–H groups in total. The summed E-state index contributed by atoms with van der Waals surface area (Å²) in [6, 6.07) is 0. The highest BCUT2D eigenvalue weighted by Gasteiger charge is 2.54. The average Bonchev–Trinajstić information content (AvgIpc) is 3.13. The molecule has 13 heteroatoms. The third-order valence-corrected chi connectivity index (χ3v) is 6.78. The van der Waals surface area contributed by atoms with Crippen molar-refractivity contribution >= 4 is 35.6 Å². The molecule has 0 amide bonds. The Hall–Kier alpha value is -1.40. The number of anilines is 1. The fourth-order valence-electron chi connectivity index (χ4n) is 4.26. The van der Waals surface area contributed by atoms with Gasteiger partial charge >= 0.3 is 6.72 Å². The van der Waals surface area contributed by atoms with Crippen molar-refractivity contribution in [1.29, 1.82) is 0 Å². The maximum Gasteiger partial charge on any atom is 0.325 e. The maximum atomic E-state index is 12.2. The van der Waals surface area contributed by atoms with Crippen LogP contribution in [0.25, 0.3) is 11.2 Å². The number of hydrogen-bond donors (Lipinski definition) is 3. The lowest BCUT2D eigenvalue weighted by Crippen LogP contribution is -2.47. The van der Waals surface area contributed by atoms with Crippen LogP contribution in [0.15, 0.2) is 11.1 Å². The summed E-state index contributed by atoms with van der Waals surface area (Å²) in [7, 11) is 1.58. The molecule has 0 spiro atoms. The molecule has 0 bridgehead atoms. The fourth-order valence-corrected chi connectivity index (χ4v) is 6.58. The molecule has 1 aliphatic rings. The van der Waals surface area contributed by atoms with Crippen LogP contribution >= 0.6 is 6.72 Å². The van der Waals surface area contributed by atoms with Gasteiger partial charge in [-0.15, -0.1) is 0 Å². The molecule has 1 unspecified atom stereocenters. The molecule has 0 aliphatic carbocycles. The summed E-state index contributed by atoms with van der Waals surface area (Å²) < 4.78 is 25.5. The normalized spacial score (nSPS) is 26.1. The van der Waals surface area contributed by atoms with Crippen molar-refractivity contribution < 1.29 is 23.4 Å². The number of H-pyrrole nitrogens is 1. The number of nitrogens with two attached hydrogens (primary N) is 1. The second kappa shape index (κ2) is 8.99. The van der Waals surface area contributed by atoms with Crippen molar-refractivity contribution in [2.45, 2.75) is 77.9 Å². The third-order valence-electron chi connectivity index (χ3n) is 5.00. The second-order valence-electron chi connectivity index (χ2n) is 10.6. The van der Waals surface area contributed by atoms with Gasteiger partial charge in [0.15, 0.2) is 11.2 Å². The van der Waals surface area contributed by atoms with Crippen LogP contribution in [0.1, 0.15) is 60.6 Å². The van der Waals surface area contributed by atoms with Gasteiger partial charge in [0, 0.05) is 13.5 Å². The van der Waals surface area contributed by atoms with Crippen LogP contribution in [-0.4, -0.2) is 55.4 Å². The Morgan fingerprint density at radius 3 is 2.64 bits per heavy atom. The van der Waals surface area contributed by atoms with Gasteiger partial charge in [-0.1, -0.05) is 20.8 Å². The van der Waals surface area contributed by atoms with Gasteiger partial charge in [0.05, 0.1) is 18.5 Å². The lowest BCUT2D eigenvalue weighted by molar-refractivity contribution is -0.147. The minimum absolute atomic E-state index is 0.0256. The van der Waals surface area contributed by atoms with Gasteiger partial charge in [-0.05, 0) is 44.4 Å². The molecule has 4 atom stereocenters. The number of fused-ring (bicyclic) bond motifs is 1. The van der Waals surface area contributed by atoms with Crippen molar-refractivity contribution in [3.05, 3.63) is 16.7 Å². The number of hydrogen-bond acceptors (Lipinski definition) is 9. The molecular formula is C20H34N5O6PS. The van der Waals surface area contributed by atoms with Crippen LogP contribution in [0.4, 0.5) is 5.95 Å². The van der Waals surface area contributed by atoms with Gasteiger partial charge in [-0.3, -0.25) is 14.3 Å². The smallest absolute Gasteiger partial charge is 0.325 e. The fraction of sp³-hybridized carbons (Fsp3) is 0.750. The first kappa shape index (κ1) is 26.2. The minimum Gasteiger partial charge on any atom is -0.382 e. The highest BCUT2D eigenvalue weighted by molar-refractivity contribution is 8.07. The number of ether oxygens (including phenoxy) is 2. The van der Waals surface area contributed by atoms with Crippen LogP contribution in [0.5, 0.6) is 0 Å². The van der Waals surface area contributed by atoms with E-state index in [-0.39, 0.29) is 23.5 Å². The highest BCUT2D eigenvalue weighted by Crippen LogP contribution is 2.55. The van der Waals surface area contributed by atoms with E-state index in [0.29, 0.717) is 18.5 Å². The molecule has 33 heavy (non-hydrogen) atoms. The van der Waals surface area contributed by atoms with E-state index >= 15 is 0 Å². The Labute approximate surface area is 198 Å². The van der Waals surface area contributed by atoms with Gasteiger partial charge in [0.1, 0.15) is 17.9 Å². The number of imidazole rings is 1. The first-order valence-corrected chi connectivity index (χ1v) is 13.2. The zero-order valence-electron chi connectivity index (χ0n) is 20.1. The number of nitrogen functional groups attached to an aromatic ring is 1. The summed E-state index contributed by atoms with van der Waals surface area (Å²) in [6.07, 6.45) is 1.05. The first-order chi connectivity index (χ1) is 15.0. The second-order valence-corrected chi connectivity index (χ2v) is 13.3. The van der Waals surface area contributed by atoms with Crippen LogP contribution in [0.2, 0.25) is 0 Å². The molecule has 3 rings (SSSR count).